The van der Waals surface area contributed by atoms with Gasteiger partial charge < -0.3 is 19.4 Å². The maximum atomic E-state index is 12.4. The van der Waals surface area contributed by atoms with Crippen molar-refractivity contribution < 1.29 is 9.47 Å². The molecule has 3 aromatic rings. The fraction of sp³-hybridized carbons (Fsp3) is 0.182. The Balaban J connectivity index is 1.94. The highest BCUT2D eigenvalue weighted by atomic mass is 16.5. The summed E-state index contributed by atoms with van der Waals surface area (Å²) in [7, 11) is 0. The van der Waals surface area contributed by atoms with E-state index in [0.29, 0.717) is 13.2 Å². The molecule has 0 amide bonds. The minimum atomic E-state index is -0.370. The van der Waals surface area contributed by atoms with E-state index in [2.05, 4.69) is 9.97 Å². The third-order valence-electron chi connectivity index (χ3n) is 3.99. The van der Waals surface area contributed by atoms with Crippen molar-refractivity contribution in [3.8, 4) is 11.5 Å². The van der Waals surface area contributed by atoms with Crippen LogP contribution in [-0.2, 0) is 0 Å². The first kappa shape index (κ1) is 19.2. The van der Waals surface area contributed by atoms with Crippen molar-refractivity contribution in [3.05, 3.63) is 91.1 Å². The van der Waals surface area contributed by atoms with Gasteiger partial charge in [-0.15, -0.1) is 0 Å². The average Bonchev–Trinajstić information content (AvgIpc) is 2.69. The van der Waals surface area contributed by atoms with Crippen LogP contribution in [0.15, 0.2) is 58.1 Å². The molecule has 2 aromatic carbocycles. The van der Waals surface area contributed by atoms with Gasteiger partial charge in [-0.1, -0.05) is 24.3 Å². The summed E-state index contributed by atoms with van der Waals surface area (Å²) in [4.78, 5) is 30.0. The lowest BCUT2D eigenvalue weighted by Crippen LogP contribution is -2.46. The molecular weight excluding hydrogens is 356 g/mol. The first-order chi connectivity index (χ1) is 13.6. The van der Waals surface area contributed by atoms with Crippen molar-refractivity contribution in [1.82, 2.24) is 9.97 Å². The summed E-state index contributed by atoms with van der Waals surface area (Å²) in [6, 6.07) is 14.5. The van der Waals surface area contributed by atoms with E-state index in [-0.39, 0.29) is 21.8 Å². The van der Waals surface area contributed by atoms with E-state index in [0.717, 1.165) is 22.6 Å². The predicted octanol–water partition coefficient (Wildman–Crippen LogP) is 1.52. The van der Waals surface area contributed by atoms with Gasteiger partial charge in [0, 0.05) is 0 Å². The Bertz CT molecular complexity index is 1060. The minimum absolute atomic E-state index is 0.193. The molecule has 0 atom stereocenters. The van der Waals surface area contributed by atoms with Gasteiger partial charge in [-0.25, -0.2) is 0 Å². The van der Waals surface area contributed by atoms with Gasteiger partial charge in [0.1, 0.15) is 22.2 Å². The largest absolute Gasteiger partial charge is 0.494 e. The molecule has 2 N–H and O–H groups in total. The predicted molar refractivity (Wildman–Crippen MR) is 109 cm³/mol. The van der Waals surface area contributed by atoms with Gasteiger partial charge in [-0.2, -0.15) is 0 Å². The Morgan fingerprint density at radius 2 is 1.04 bits per heavy atom. The zero-order valence-corrected chi connectivity index (χ0v) is 15.8. The van der Waals surface area contributed by atoms with Gasteiger partial charge in [0.15, 0.2) is 0 Å². The van der Waals surface area contributed by atoms with Gasteiger partial charge in [0.25, 0.3) is 11.1 Å². The molecule has 6 nitrogen and oxygen atoms in total. The molecule has 1 heterocycles. The Hall–Kier alpha value is -3.54. The molecule has 0 aliphatic rings. The van der Waals surface area contributed by atoms with E-state index in [9.17, 15) is 9.59 Å². The highest BCUT2D eigenvalue weighted by Crippen LogP contribution is 2.12. The summed E-state index contributed by atoms with van der Waals surface area (Å²) in [5, 5.41) is 0.385. The molecule has 0 saturated heterocycles. The molecule has 0 aliphatic heterocycles. The summed E-state index contributed by atoms with van der Waals surface area (Å²) >= 11 is 0. The van der Waals surface area contributed by atoms with Crippen molar-refractivity contribution in [3.63, 3.8) is 0 Å². The fourth-order valence-electron chi connectivity index (χ4n) is 2.68. The molecular formula is C22H22N2O4. The number of benzene rings is 2. The zero-order chi connectivity index (χ0) is 19.9. The number of hydrogen-bond donors (Lipinski definition) is 2. The standard InChI is InChI=1S/C22H22N2O4/c1-3-27-17-9-5-15(6-10-17)13-19-21(25)24-20(22(26)23-19)14-16-7-11-18(12-8-16)28-4-2/h5-14H,3-4H2,1-2H3,(H,23,26)(H,24,25). The normalized spacial score (nSPS) is 12.2. The summed E-state index contributed by atoms with van der Waals surface area (Å²) < 4.78 is 10.8. The van der Waals surface area contributed by atoms with Crippen LogP contribution in [0.5, 0.6) is 11.5 Å². The second kappa shape index (κ2) is 8.90. The molecule has 0 fully saturated rings. The quantitative estimate of drug-likeness (QED) is 0.681. The molecule has 0 spiro atoms. The molecule has 6 heteroatoms. The zero-order valence-electron chi connectivity index (χ0n) is 15.8. The Morgan fingerprint density at radius 1 is 0.679 bits per heavy atom. The van der Waals surface area contributed by atoms with Crippen molar-refractivity contribution in [2.75, 3.05) is 13.2 Å². The smallest absolute Gasteiger partial charge is 0.272 e. The van der Waals surface area contributed by atoms with Gasteiger partial charge in [0.2, 0.25) is 0 Å². The van der Waals surface area contributed by atoms with Crippen LogP contribution in [0.2, 0.25) is 0 Å². The fourth-order valence-corrected chi connectivity index (χ4v) is 2.68. The molecule has 3 rings (SSSR count). The number of ether oxygens (including phenoxy) is 2. The van der Waals surface area contributed by atoms with Crippen LogP contribution in [0.25, 0.3) is 12.2 Å². The lowest BCUT2D eigenvalue weighted by molar-refractivity contribution is 0.340. The van der Waals surface area contributed by atoms with Crippen LogP contribution in [0, 0.1) is 0 Å². The van der Waals surface area contributed by atoms with Crippen LogP contribution < -0.4 is 31.3 Å². The van der Waals surface area contributed by atoms with E-state index >= 15 is 0 Å². The maximum Gasteiger partial charge on any atom is 0.272 e. The molecule has 0 aliphatic carbocycles. The molecule has 0 saturated carbocycles. The first-order valence-corrected chi connectivity index (χ1v) is 9.11. The monoisotopic (exact) mass is 378 g/mol. The van der Waals surface area contributed by atoms with Crippen LogP contribution in [0.1, 0.15) is 25.0 Å². The number of aromatic nitrogens is 2. The Labute approximate surface area is 161 Å². The highest BCUT2D eigenvalue weighted by molar-refractivity contribution is 5.51. The maximum absolute atomic E-state index is 12.4. The SMILES string of the molecule is CCOc1ccc(C=c2[nH]c(=O)c(=Cc3ccc(OCC)cc3)[nH]c2=O)cc1. The number of aromatic amines is 2. The first-order valence-electron chi connectivity index (χ1n) is 9.11. The van der Waals surface area contributed by atoms with Gasteiger partial charge in [-0.05, 0) is 61.4 Å². The van der Waals surface area contributed by atoms with E-state index in [1.54, 1.807) is 12.2 Å². The molecule has 0 radical (unpaired) electrons. The second-order valence-corrected chi connectivity index (χ2v) is 6.03. The van der Waals surface area contributed by atoms with Crippen molar-refractivity contribution in [2.24, 2.45) is 0 Å². The third kappa shape index (κ3) is 4.79. The van der Waals surface area contributed by atoms with Gasteiger partial charge in [-0.3, -0.25) is 9.59 Å². The Morgan fingerprint density at radius 3 is 1.36 bits per heavy atom. The Kier molecular flexibility index (Phi) is 6.11. The summed E-state index contributed by atoms with van der Waals surface area (Å²) in [6.07, 6.45) is 3.24. The molecule has 144 valence electrons. The molecule has 1 aromatic heterocycles. The molecule has 28 heavy (non-hydrogen) atoms. The average molecular weight is 378 g/mol. The van der Waals surface area contributed by atoms with Gasteiger partial charge >= 0.3 is 0 Å². The topological polar surface area (TPSA) is 84.2 Å². The van der Waals surface area contributed by atoms with Gasteiger partial charge in [0.05, 0.1) is 13.2 Å². The summed E-state index contributed by atoms with van der Waals surface area (Å²) in [5.74, 6) is 1.50. The van der Waals surface area contributed by atoms with E-state index in [4.69, 9.17) is 9.47 Å². The number of rotatable bonds is 6. The summed E-state index contributed by atoms with van der Waals surface area (Å²) in [5.41, 5.74) is 0.831. The van der Waals surface area contributed by atoms with Crippen LogP contribution in [0.4, 0.5) is 0 Å². The molecule has 0 unspecified atom stereocenters. The van der Waals surface area contributed by atoms with E-state index in [1.807, 2.05) is 62.4 Å². The number of nitrogens with one attached hydrogen (secondary N) is 2. The minimum Gasteiger partial charge on any atom is -0.494 e. The van der Waals surface area contributed by atoms with E-state index in [1.165, 1.54) is 0 Å². The second-order valence-electron chi connectivity index (χ2n) is 6.03. The van der Waals surface area contributed by atoms with Crippen molar-refractivity contribution in [1.29, 1.82) is 0 Å². The molecule has 0 bridgehead atoms. The number of H-pyrrole nitrogens is 2. The van der Waals surface area contributed by atoms with Crippen LogP contribution in [-0.4, -0.2) is 23.2 Å². The van der Waals surface area contributed by atoms with Crippen molar-refractivity contribution >= 4 is 12.2 Å². The van der Waals surface area contributed by atoms with E-state index < -0.39 is 0 Å². The third-order valence-corrected chi connectivity index (χ3v) is 3.99. The lowest BCUT2D eigenvalue weighted by atomic mass is 10.2. The highest BCUT2D eigenvalue weighted by Gasteiger charge is 1.99. The van der Waals surface area contributed by atoms with Crippen molar-refractivity contribution in [2.45, 2.75) is 13.8 Å². The number of hydrogen-bond acceptors (Lipinski definition) is 4. The summed E-state index contributed by atoms with van der Waals surface area (Å²) in [6.45, 7) is 5.00. The lowest BCUT2D eigenvalue weighted by Gasteiger charge is -2.02. The van der Waals surface area contributed by atoms with Crippen LogP contribution in [0.3, 0.4) is 0 Å². The van der Waals surface area contributed by atoms with Crippen LogP contribution >= 0.6 is 0 Å².